The van der Waals surface area contributed by atoms with Gasteiger partial charge in [0.15, 0.2) is 5.78 Å². The van der Waals surface area contributed by atoms with Crippen LogP contribution >= 0.6 is 23.4 Å². The van der Waals surface area contributed by atoms with E-state index in [0.29, 0.717) is 11.4 Å². The van der Waals surface area contributed by atoms with Crippen LogP contribution in [0.3, 0.4) is 0 Å². The molecule has 0 saturated carbocycles. The third-order valence-corrected chi connectivity index (χ3v) is 6.78. The molecule has 3 aromatic carbocycles. The molecular formula is C26H20ClNOS. The quantitative estimate of drug-likeness (QED) is 0.335. The fourth-order valence-corrected chi connectivity index (χ4v) is 5.40. The van der Waals surface area contributed by atoms with Crippen LogP contribution in [-0.2, 0) is 6.42 Å². The molecule has 0 atom stereocenters. The van der Waals surface area contributed by atoms with Gasteiger partial charge in [-0.25, -0.2) is 0 Å². The summed E-state index contributed by atoms with van der Waals surface area (Å²) >= 11 is 7.85. The molecule has 5 rings (SSSR count). The summed E-state index contributed by atoms with van der Waals surface area (Å²) in [4.78, 5) is 15.3. The van der Waals surface area contributed by atoms with Gasteiger partial charge in [-0.3, -0.25) is 4.79 Å². The Morgan fingerprint density at radius 3 is 2.17 bits per heavy atom. The Labute approximate surface area is 185 Å². The van der Waals surface area contributed by atoms with E-state index >= 15 is 0 Å². The molecular weight excluding hydrogens is 410 g/mol. The van der Waals surface area contributed by atoms with Crippen LogP contribution in [0.5, 0.6) is 0 Å². The van der Waals surface area contributed by atoms with E-state index in [9.17, 15) is 4.79 Å². The van der Waals surface area contributed by atoms with Crippen LogP contribution in [-0.4, -0.2) is 10.4 Å². The maximum Gasteiger partial charge on any atom is 0.165 e. The molecule has 1 aromatic heterocycles. The summed E-state index contributed by atoms with van der Waals surface area (Å²) in [5, 5.41) is 0.705. The van der Waals surface area contributed by atoms with Crippen molar-refractivity contribution >= 4 is 29.1 Å². The third kappa shape index (κ3) is 3.49. The van der Waals surface area contributed by atoms with Crippen molar-refractivity contribution in [2.45, 2.75) is 29.1 Å². The van der Waals surface area contributed by atoms with Crippen molar-refractivity contribution in [2.75, 3.05) is 0 Å². The minimum Gasteiger partial charge on any atom is -0.312 e. The van der Waals surface area contributed by atoms with Gasteiger partial charge in [0.2, 0.25) is 0 Å². The number of fused-ring (bicyclic) bond motifs is 1. The van der Waals surface area contributed by atoms with E-state index in [1.54, 1.807) is 11.8 Å². The molecule has 0 fully saturated rings. The number of carbonyl (C=O) groups excluding carboxylic acids is 1. The lowest BCUT2D eigenvalue weighted by Gasteiger charge is -2.17. The second-order valence-corrected chi connectivity index (χ2v) is 8.89. The number of aromatic nitrogens is 1. The zero-order valence-corrected chi connectivity index (χ0v) is 17.9. The van der Waals surface area contributed by atoms with Gasteiger partial charge in [-0.2, -0.15) is 0 Å². The molecule has 4 heteroatoms. The monoisotopic (exact) mass is 429 g/mol. The average Bonchev–Trinajstić information content (AvgIpc) is 3.11. The topological polar surface area (TPSA) is 22.0 Å². The van der Waals surface area contributed by atoms with E-state index in [1.165, 1.54) is 0 Å². The zero-order chi connectivity index (χ0) is 20.5. The fourth-order valence-electron chi connectivity index (χ4n) is 4.10. The number of benzene rings is 3. The van der Waals surface area contributed by atoms with Gasteiger partial charge in [0, 0.05) is 32.6 Å². The molecule has 0 saturated heterocycles. The number of hydrogen-bond acceptors (Lipinski definition) is 2. The number of hydrogen-bond donors (Lipinski definition) is 0. The predicted octanol–water partition coefficient (Wildman–Crippen LogP) is 7.47. The van der Waals surface area contributed by atoms with Crippen LogP contribution in [0.4, 0.5) is 0 Å². The summed E-state index contributed by atoms with van der Waals surface area (Å²) in [6.45, 7) is 0. The first-order valence-electron chi connectivity index (χ1n) is 10.1. The Bertz CT molecular complexity index is 1200. The first kappa shape index (κ1) is 19.2. The van der Waals surface area contributed by atoms with Crippen molar-refractivity contribution in [3.05, 3.63) is 101 Å². The average molecular weight is 430 g/mol. The van der Waals surface area contributed by atoms with Crippen LogP contribution in [0, 0.1) is 0 Å². The first-order valence-corrected chi connectivity index (χ1v) is 11.3. The first-order chi connectivity index (χ1) is 14.7. The van der Waals surface area contributed by atoms with Crippen LogP contribution in [0.2, 0.25) is 5.02 Å². The number of rotatable bonds is 4. The molecule has 4 aromatic rings. The predicted molar refractivity (Wildman–Crippen MR) is 124 cm³/mol. The lowest BCUT2D eigenvalue weighted by Crippen LogP contribution is -2.13. The van der Waals surface area contributed by atoms with Crippen LogP contribution in [0.15, 0.2) is 94.7 Å². The standard InChI is InChI=1S/C26H20ClNOS/c27-19-14-16-20(17-15-19)28-22-12-7-13-23(29)24(22)26(30-21-10-5-2-6-11-21)25(28)18-8-3-1-4-9-18/h1-6,8-11,14-17H,7,12-13H2. The van der Waals surface area contributed by atoms with Crippen LogP contribution in [0.1, 0.15) is 28.9 Å². The van der Waals surface area contributed by atoms with Gasteiger partial charge in [0.1, 0.15) is 0 Å². The van der Waals surface area contributed by atoms with E-state index in [-0.39, 0.29) is 5.78 Å². The number of nitrogens with zero attached hydrogens (tertiary/aromatic N) is 1. The molecule has 0 unspecified atom stereocenters. The van der Waals surface area contributed by atoms with Crippen molar-refractivity contribution in [2.24, 2.45) is 0 Å². The highest BCUT2D eigenvalue weighted by Crippen LogP contribution is 2.45. The number of carbonyl (C=O) groups is 1. The lowest BCUT2D eigenvalue weighted by molar-refractivity contribution is 0.0969. The van der Waals surface area contributed by atoms with Gasteiger partial charge in [-0.15, -0.1) is 0 Å². The Balaban J connectivity index is 1.82. The fraction of sp³-hybridized carbons (Fsp3) is 0.115. The molecule has 0 aliphatic heterocycles. The molecule has 30 heavy (non-hydrogen) atoms. The number of halogens is 1. The van der Waals surface area contributed by atoms with Gasteiger partial charge in [0.25, 0.3) is 0 Å². The summed E-state index contributed by atoms with van der Waals surface area (Å²) in [7, 11) is 0. The molecule has 2 nitrogen and oxygen atoms in total. The maximum absolute atomic E-state index is 13.1. The molecule has 0 bridgehead atoms. The number of ketones is 1. The van der Waals surface area contributed by atoms with Crippen LogP contribution in [0.25, 0.3) is 16.9 Å². The van der Waals surface area contributed by atoms with Crippen molar-refractivity contribution in [3.8, 4) is 16.9 Å². The van der Waals surface area contributed by atoms with Gasteiger partial charge < -0.3 is 4.57 Å². The summed E-state index contributed by atoms with van der Waals surface area (Å²) in [6.07, 6.45) is 2.38. The number of Topliss-reactive ketones (excluding diaryl/α,β-unsaturated/α-hetero) is 1. The SMILES string of the molecule is O=C1CCCc2c1c(Sc1ccccc1)c(-c1ccccc1)n2-c1ccc(Cl)cc1. The maximum atomic E-state index is 13.1. The van der Waals surface area contributed by atoms with Crippen LogP contribution < -0.4 is 0 Å². The minimum absolute atomic E-state index is 0.236. The van der Waals surface area contributed by atoms with E-state index in [2.05, 4.69) is 28.8 Å². The van der Waals surface area contributed by atoms with E-state index in [1.807, 2.05) is 60.7 Å². The lowest BCUT2D eigenvalue weighted by atomic mass is 9.96. The van der Waals surface area contributed by atoms with Crippen molar-refractivity contribution in [1.82, 2.24) is 4.57 Å². The third-order valence-electron chi connectivity index (χ3n) is 5.42. The molecule has 0 radical (unpaired) electrons. The summed E-state index contributed by atoms with van der Waals surface area (Å²) in [6, 6.07) is 28.5. The summed E-state index contributed by atoms with van der Waals surface area (Å²) in [5.74, 6) is 0.236. The highest BCUT2D eigenvalue weighted by molar-refractivity contribution is 7.99. The minimum atomic E-state index is 0.236. The van der Waals surface area contributed by atoms with E-state index < -0.39 is 0 Å². The second kappa shape index (κ2) is 8.17. The largest absolute Gasteiger partial charge is 0.312 e. The molecule has 0 N–H and O–H groups in total. The Hall–Kier alpha value is -2.75. The van der Waals surface area contributed by atoms with E-state index in [0.717, 1.165) is 50.8 Å². The highest BCUT2D eigenvalue weighted by Gasteiger charge is 2.31. The highest BCUT2D eigenvalue weighted by atomic mass is 35.5. The molecule has 0 amide bonds. The van der Waals surface area contributed by atoms with Gasteiger partial charge >= 0.3 is 0 Å². The van der Waals surface area contributed by atoms with Gasteiger partial charge in [-0.05, 0) is 54.8 Å². The van der Waals surface area contributed by atoms with E-state index in [4.69, 9.17) is 11.6 Å². The normalized spacial score (nSPS) is 13.3. The summed E-state index contributed by atoms with van der Waals surface area (Å²) < 4.78 is 2.27. The molecule has 1 aliphatic carbocycles. The molecule has 1 aliphatic rings. The zero-order valence-electron chi connectivity index (χ0n) is 16.3. The van der Waals surface area contributed by atoms with Crippen molar-refractivity contribution in [1.29, 1.82) is 0 Å². The molecule has 148 valence electrons. The Kier molecular flexibility index (Phi) is 5.24. The van der Waals surface area contributed by atoms with Gasteiger partial charge in [0.05, 0.1) is 11.3 Å². The summed E-state index contributed by atoms with van der Waals surface area (Å²) in [5.41, 5.74) is 5.19. The van der Waals surface area contributed by atoms with Gasteiger partial charge in [-0.1, -0.05) is 71.9 Å². The molecule has 1 heterocycles. The second-order valence-electron chi connectivity index (χ2n) is 7.37. The Morgan fingerprint density at radius 1 is 0.800 bits per heavy atom. The Morgan fingerprint density at radius 2 is 1.47 bits per heavy atom. The van der Waals surface area contributed by atoms with Crippen molar-refractivity contribution < 1.29 is 4.79 Å². The van der Waals surface area contributed by atoms with Crippen molar-refractivity contribution in [3.63, 3.8) is 0 Å². The smallest absolute Gasteiger partial charge is 0.165 e. The molecule has 0 spiro atoms.